The second-order valence-electron chi connectivity index (χ2n) is 9.53. The third kappa shape index (κ3) is 5.36. The summed E-state index contributed by atoms with van der Waals surface area (Å²) in [4.78, 5) is 17.2. The van der Waals surface area contributed by atoms with Gasteiger partial charge < -0.3 is 24.7 Å². The first-order valence-corrected chi connectivity index (χ1v) is 12.5. The fourth-order valence-corrected chi connectivity index (χ4v) is 4.62. The molecular weight excluding hydrogens is 452 g/mol. The van der Waals surface area contributed by atoms with Gasteiger partial charge in [0.25, 0.3) is 5.91 Å². The van der Waals surface area contributed by atoms with Gasteiger partial charge in [-0.2, -0.15) is 0 Å². The summed E-state index contributed by atoms with van der Waals surface area (Å²) in [7, 11) is 2.00. The average molecular weight is 485 g/mol. The van der Waals surface area contributed by atoms with Gasteiger partial charge in [-0.25, -0.2) is 4.98 Å². The Kier molecular flexibility index (Phi) is 6.91. The predicted octanol–water partition coefficient (Wildman–Crippen LogP) is 5.87. The van der Waals surface area contributed by atoms with E-state index < -0.39 is 0 Å². The highest BCUT2D eigenvalue weighted by Crippen LogP contribution is 2.37. The lowest BCUT2D eigenvalue weighted by atomic mass is 9.90. The molecule has 2 N–H and O–H groups in total. The number of hydrogen-bond acceptors (Lipinski definition) is 5. The van der Waals surface area contributed by atoms with Gasteiger partial charge in [-0.15, -0.1) is 0 Å². The summed E-state index contributed by atoms with van der Waals surface area (Å²) in [5.41, 5.74) is 2.95. The molecule has 0 saturated carbocycles. The standard InChI is InChI=1S/C29H32N4O3/c1-19(2)35-27-18-25-23(11-15-33(25)3)16-26(27)36-24-10-14-31-28(17-24)32-29(34)22-6-4-20(5-7-22)21-8-12-30-13-9-21/h4-7,10-11,14-19,21,30H,8-9,12-13H2,1-3H3,(H,31,32,34). The lowest BCUT2D eigenvalue weighted by Gasteiger charge is -2.23. The van der Waals surface area contributed by atoms with Crippen molar-refractivity contribution in [3.8, 4) is 17.2 Å². The van der Waals surface area contributed by atoms with Crippen LogP contribution in [0.2, 0.25) is 0 Å². The van der Waals surface area contributed by atoms with E-state index >= 15 is 0 Å². The Balaban J connectivity index is 1.31. The zero-order valence-electron chi connectivity index (χ0n) is 21.0. The second kappa shape index (κ2) is 10.4. The number of anilines is 1. The van der Waals surface area contributed by atoms with E-state index in [4.69, 9.17) is 9.47 Å². The van der Waals surface area contributed by atoms with E-state index in [9.17, 15) is 4.79 Å². The van der Waals surface area contributed by atoms with Gasteiger partial charge in [-0.1, -0.05) is 12.1 Å². The van der Waals surface area contributed by atoms with E-state index in [-0.39, 0.29) is 12.0 Å². The van der Waals surface area contributed by atoms with Crippen LogP contribution >= 0.6 is 0 Å². The number of piperidine rings is 1. The molecule has 7 heteroatoms. The van der Waals surface area contributed by atoms with Crippen molar-refractivity contribution in [3.05, 3.63) is 78.1 Å². The molecule has 1 saturated heterocycles. The maximum absolute atomic E-state index is 12.9. The van der Waals surface area contributed by atoms with E-state index in [1.165, 1.54) is 5.56 Å². The zero-order valence-corrected chi connectivity index (χ0v) is 21.0. The summed E-state index contributed by atoms with van der Waals surface area (Å²) >= 11 is 0. The van der Waals surface area contributed by atoms with Crippen LogP contribution < -0.4 is 20.1 Å². The number of ether oxygens (including phenoxy) is 2. The van der Waals surface area contributed by atoms with Crippen molar-refractivity contribution in [3.63, 3.8) is 0 Å². The number of pyridine rings is 1. The number of hydrogen-bond donors (Lipinski definition) is 2. The highest BCUT2D eigenvalue weighted by Gasteiger charge is 2.16. The van der Waals surface area contributed by atoms with Crippen LogP contribution in [0, 0.1) is 0 Å². The molecule has 0 spiro atoms. The molecule has 0 aliphatic carbocycles. The molecule has 1 amide bonds. The molecule has 0 unspecified atom stereocenters. The molecule has 0 bridgehead atoms. The van der Waals surface area contributed by atoms with E-state index in [0.717, 1.165) is 36.8 Å². The van der Waals surface area contributed by atoms with Crippen molar-refractivity contribution >= 4 is 22.6 Å². The van der Waals surface area contributed by atoms with Crippen LogP contribution in [0.5, 0.6) is 17.2 Å². The van der Waals surface area contributed by atoms with Gasteiger partial charge in [0.05, 0.1) is 11.6 Å². The maximum atomic E-state index is 12.9. The summed E-state index contributed by atoms with van der Waals surface area (Å²) < 4.78 is 14.3. The smallest absolute Gasteiger partial charge is 0.256 e. The van der Waals surface area contributed by atoms with Gasteiger partial charge in [0.1, 0.15) is 11.6 Å². The Morgan fingerprint density at radius 2 is 1.83 bits per heavy atom. The molecular formula is C29H32N4O3. The maximum Gasteiger partial charge on any atom is 0.256 e. The van der Waals surface area contributed by atoms with E-state index in [0.29, 0.717) is 34.5 Å². The van der Waals surface area contributed by atoms with Crippen LogP contribution in [0.25, 0.3) is 10.9 Å². The highest BCUT2D eigenvalue weighted by atomic mass is 16.5. The summed E-state index contributed by atoms with van der Waals surface area (Å²) in [5.74, 6) is 2.61. The molecule has 186 valence electrons. The van der Waals surface area contributed by atoms with Gasteiger partial charge in [0, 0.05) is 42.5 Å². The van der Waals surface area contributed by atoms with Gasteiger partial charge >= 0.3 is 0 Å². The van der Waals surface area contributed by atoms with Crippen LogP contribution in [0.4, 0.5) is 5.82 Å². The van der Waals surface area contributed by atoms with Crippen LogP contribution in [0.1, 0.15) is 48.5 Å². The number of fused-ring (bicyclic) bond motifs is 1. The fraction of sp³-hybridized carbons (Fsp3) is 0.310. The first-order valence-electron chi connectivity index (χ1n) is 12.5. The van der Waals surface area contributed by atoms with Crippen molar-refractivity contribution in [2.75, 3.05) is 18.4 Å². The minimum atomic E-state index is -0.203. The molecule has 2 aromatic carbocycles. The van der Waals surface area contributed by atoms with E-state index in [1.807, 2.05) is 62.0 Å². The Morgan fingerprint density at radius 3 is 2.58 bits per heavy atom. The van der Waals surface area contributed by atoms with Gasteiger partial charge in [0.2, 0.25) is 0 Å². The molecule has 7 nitrogen and oxygen atoms in total. The SMILES string of the molecule is CC(C)Oc1cc2c(ccn2C)cc1Oc1ccnc(NC(=O)c2ccc(C3CCNCC3)cc2)c1. The Bertz CT molecular complexity index is 1350. The zero-order chi connectivity index (χ0) is 25.1. The predicted molar refractivity (Wildman–Crippen MR) is 142 cm³/mol. The third-order valence-corrected chi connectivity index (χ3v) is 6.50. The molecule has 1 fully saturated rings. The number of nitrogens with one attached hydrogen (secondary N) is 2. The van der Waals surface area contributed by atoms with Crippen molar-refractivity contribution in [2.24, 2.45) is 7.05 Å². The lowest BCUT2D eigenvalue weighted by molar-refractivity contribution is 0.102. The molecule has 4 aromatic rings. The molecule has 1 aliphatic rings. The molecule has 2 aromatic heterocycles. The first-order chi connectivity index (χ1) is 17.5. The fourth-order valence-electron chi connectivity index (χ4n) is 4.62. The van der Waals surface area contributed by atoms with Gasteiger partial charge in [-0.3, -0.25) is 4.79 Å². The number of aromatic nitrogens is 2. The minimum absolute atomic E-state index is 0.00136. The molecule has 5 rings (SSSR count). The number of benzene rings is 2. The second-order valence-corrected chi connectivity index (χ2v) is 9.53. The molecule has 0 atom stereocenters. The summed E-state index contributed by atoms with van der Waals surface area (Å²) in [6.07, 6.45) is 5.88. The number of rotatable bonds is 7. The molecule has 3 heterocycles. The Labute approximate surface area is 211 Å². The minimum Gasteiger partial charge on any atom is -0.487 e. The van der Waals surface area contributed by atoms with Gasteiger partial charge in [-0.05, 0) is 81.6 Å². The van der Waals surface area contributed by atoms with Crippen molar-refractivity contribution < 1.29 is 14.3 Å². The summed E-state index contributed by atoms with van der Waals surface area (Å²) in [6.45, 7) is 6.05. The van der Waals surface area contributed by atoms with Crippen LogP contribution in [-0.4, -0.2) is 34.7 Å². The van der Waals surface area contributed by atoms with E-state index in [2.05, 4.69) is 27.8 Å². The lowest BCUT2D eigenvalue weighted by Crippen LogP contribution is -2.26. The highest BCUT2D eigenvalue weighted by molar-refractivity contribution is 6.03. The Morgan fingerprint density at radius 1 is 1.06 bits per heavy atom. The largest absolute Gasteiger partial charge is 0.487 e. The average Bonchev–Trinajstić information content (AvgIpc) is 3.24. The topological polar surface area (TPSA) is 77.4 Å². The van der Waals surface area contributed by atoms with Crippen molar-refractivity contribution in [1.29, 1.82) is 0 Å². The van der Waals surface area contributed by atoms with Gasteiger partial charge in [0.15, 0.2) is 11.5 Å². The quantitative estimate of drug-likeness (QED) is 0.343. The normalized spacial score (nSPS) is 14.2. The molecule has 36 heavy (non-hydrogen) atoms. The Hall–Kier alpha value is -3.84. The summed E-state index contributed by atoms with van der Waals surface area (Å²) in [6, 6.07) is 17.4. The van der Waals surface area contributed by atoms with E-state index in [1.54, 1.807) is 18.3 Å². The summed E-state index contributed by atoms with van der Waals surface area (Å²) in [5, 5.41) is 7.34. The number of carbonyl (C=O) groups excluding carboxylic acids is 1. The first kappa shape index (κ1) is 23.9. The van der Waals surface area contributed by atoms with Crippen LogP contribution in [-0.2, 0) is 7.05 Å². The number of carbonyl (C=O) groups is 1. The van der Waals surface area contributed by atoms with Crippen molar-refractivity contribution in [2.45, 2.75) is 38.7 Å². The molecule has 1 aliphatic heterocycles. The third-order valence-electron chi connectivity index (χ3n) is 6.50. The van der Waals surface area contributed by atoms with Crippen molar-refractivity contribution in [1.82, 2.24) is 14.9 Å². The molecule has 0 radical (unpaired) electrons. The number of nitrogens with zero attached hydrogens (tertiary/aromatic N) is 2. The number of aryl methyl sites for hydroxylation is 1. The van der Waals surface area contributed by atoms with Crippen LogP contribution in [0.15, 0.2) is 67.0 Å². The van der Waals surface area contributed by atoms with Crippen LogP contribution in [0.3, 0.4) is 0 Å². The number of amides is 1. The monoisotopic (exact) mass is 484 g/mol.